The van der Waals surface area contributed by atoms with Gasteiger partial charge in [0.15, 0.2) is 0 Å². The average molecular weight is 251 g/mol. The summed E-state index contributed by atoms with van der Waals surface area (Å²) < 4.78 is 25.7. The first kappa shape index (κ1) is 15.4. The van der Waals surface area contributed by atoms with Crippen molar-refractivity contribution in [1.29, 1.82) is 0 Å². The van der Waals surface area contributed by atoms with Crippen LogP contribution in [0, 0.1) is 11.3 Å². The fourth-order valence-electron chi connectivity index (χ4n) is 1.21. The number of nitrogens with one attached hydrogen (secondary N) is 1. The summed E-state index contributed by atoms with van der Waals surface area (Å²) in [7, 11) is -3.43. The van der Waals surface area contributed by atoms with Crippen LogP contribution >= 0.6 is 0 Å². The van der Waals surface area contributed by atoms with E-state index < -0.39 is 28.0 Å². The fraction of sp³-hybridized carbons (Fsp3) is 0.900. The molecule has 0 aliphatic rings. The number of hydrogen-bond acceptors (Lipinski definition) is 3. The highest BCUT2D eigenvalue weighted by Gasteiger charge is 2.27. The highest BCUT2D eigenvalue weighted by molar-refractivity contribution is 7.89. The van der Waals surface area contributed by atoms with Gasteiger partial charge in [-0.2, -0.15) is 0 Å². The Hall–Kier alpha value is -0.620. The molecule has 0 aromatic heterocycles. The maximum atomic E-state index is 11.7. The van der Waals surface area contributed by atoms with Gasteiger partial charge in [-0.1, -0.05) is 27.7 Å². The summed E-state index contributed by atoms with van der Waals surface area (Å²) in [6.07, 6.45) is 0. The van der Waals surface area contributed by atoms with Gasteiger partial charge in [-0.05, 0) is 12.3 Å². The maximum absolute atomic E-state index is 11.7. The van der Waals surface area contributed by atoms with Gasteiger partial charge in [-0.15, -0.1) is 0 Å². The van der Waals surface area contributed by atoms with Crippen molar-refractivity contribution in [2.24, 2.45) is 11.3 Å². The number of rotatable bonds is 5. The number of hydrogen-bond donors (Lipinski definition) is 2. The molecule has 0 amide bonds. The van der Waals surface area contributed by atoms with Crippen LogP contribution in [0.5, 0.6) is 0 Å². The van der Waals surface area contributed by atoms with Crippen molar-refractivity contribution in [1.82, 2.24) is 4.72 Å². The Labute approximate surface area is 97.3 Å². The van der Waals surface area contributed by atoms with Crippen molar-refractivity contribution in [2.75, 3.05) is 5.75 Å². The lowest BCUT2D eigenvalue weighted by Gasteiger charge is -2.22. The molecule has 2 unspecified atom stereocenters. The van der Waals surface area contributed by atoms with Crippen molar-refractivity contribution in [2.45, 2.75) is 40.7 Å². The summed E-state index contributed by atoms with van der Waals surface area (Å²) >= 11 is 0. The molecular weight excluding hydrogens is 230 g/mol. The number of carboxylic acids is 1. The fourth-order valence-corrected chi connectivity index (χ4v) is 3.20. The standard InChI is InChI=1S/C10H21NO4S/c1-7(9(12)13)8(2)11-16(14,15)6-10(3,4)5/h7-8,11H,6H2,1-5H3,(H,12,13). The van der Waals surface area contributed by atoms with Crippen LogP contribution < -0.4 is 4.72 Å². The Balaban J connectivity index is 4.55. The minimum absolute atomic E-state index is 0.0172. The van der Waals surface area contributed by atoms with E-state index >= 15 is 0 Å². The molecule has 0 heterocycles. The van der Waals surface area contributed by atoms with E-state index in [0.717, 1.165) is 0 Å². The van der Waals surface area contributed by atoms with E-state index in [-0.39, 0.29) is 11.2 Å². The second kappa shape index (κ2) is 5.14. The number of carboxylic acid groups (broad SMARTS) is 1. The summed E-state index contributed by atoms with van der Waals surface area (Å²) in [5.41, 5.74) is -0.349. The molecule has 0 aromatic carbocycles. The average Bonchev–Trinajstić information content (AvgIpc) is 1.96. The zero-order valence-corrected chi connectivity index (χ0v) is 11.3. The molecule has 0 radical (unpaired) electrons. The zero-order valence-electron chi connectivity index (χ0n) is 10.4. The minimum Gasteiger partial charge on any atom is -0.481 e. The largest absolute Gasteiger partial charge is 0.481 e. The van der Waals surface area contributed by atoms with Crippen LogP contribution in [0.2, 0.25) is 0 Å². The quantitative estimate of drug-likeness (QED) is 0.765. The van der Waals surface area contributed by atoms with E-state index in [2.05, 4.69) is 4.72 Å². The molecule has 5 nitrogen and oxygen atoms in total. The first-order valence-corrected chi connectivity index (χ1v) is 6.83. The van der Waals surface area contributed by atoms with Crippen molar-refractivity contribution in [3.8, 4) is 0 Å². The molecule has 0 aliphatic heterocycles. The molecule has 0 spiro atoms. The Morgan fingerprint density at radius 1 is 1.31 bits per heavy atom. The molecule has 6 heteroatoms. The van der Waals surface area contributed by atoms with Gasteiger partial charge < -0.3 is 5.11 Å². The van der Waals surface area contributed by atoms with Crippen LogP contribution in [-0.2, 0) is 14.8 Å². The summed E-state index contributed by atoms with van der Waals surface area (Å²) in [4.78, 5) is 10.7. The van der Waals surface area contributed by atoms with Gasteiger partial charge in [0, 0.05) is 6.04 Å². The number of carbonyl (C=O) groups is 1. The maximum Gasteiger partial charge on any atom is 0.307 e. The van der Waals surface area contributed by atoms with E-state index in [0.29, 0.717) is 0 Å². The molecule has 0 bridgehead atoms. The normalized spacial score (nSPS) is 16.8. The third-order valence-corrected chi connectivity index (χ3v) is 4.10. The van der Waals surface area contributed by atoms with E-state index in [1.54, 1.807) is 6.92 Å². The predicted octanol–water partition coefficient (Wildman–Crippen LogP) is 1.06. The smallest absolute Gasteiger partial charge is 0.307 e. The van der Waals surface area contributed by atoms with Crippen molar-refractivity contribution < 1.29 is 18.3 Å². The topological polar surface area (TPSA) is 83.5 Å². The highest BCUT2D eigenvalue weighted by Crippen LogP contribution is 2.16. The molecule has 0 fully saturated rings. The van der Waals surface area contributed by atoms with Gasteiger partial charge in [-0.3, -0.25) is 4.79 Å². The number of sulfonamides is 1. The molecule has 2 N–H and O–H groups in total. The van der Waals surface area contributed by atoms with Crippen LogP contribution in [0.4, 0.5) is 0 Å². The van der Waals surface area contributed by atoms with Gasteiger partial charge in [0.1, 0.15) is 0 Å². The summed E-state index contributed by atoms with van der Waals surface area (Å²) in [6.45, 7) is 8.48. The Morgan fingerprint density at radius 3 is 2.06 bits per heavy atom. The van der Waals surface area contributed by atoms with Crippen LogP contribution in [0.15, 0.2) is 0 Å². The second-order valence-corrected chi connectivity index (χ2v) is 7.11. The molecule has 0 aliphatic carbocycles. The van der Waals surface area contributed by atoms with E-state index in [1.165, 1.54) is 6.92 Å². The molecule has 2 atom stereocenters. The van der Waals surface area contributed by atoms with Gasteiger partial charge in [-0.25, -0.2) is 13.1 Å². The molecule has 16 heavy (non-hydrogen) atoms. The van der Waals surface area contributed by atoms with Crippen LogP contribution in [0.3, 0.4) is 0 Å². The molecule has 0 aromatic rings. The SMILES string of the molecule is CC(NS(=O)(=O)CC(C)(C)C)C(C)C(=O)O. The Bertz CT molecular complexity index is 342. The van der Waals surface area contributed by atoms with E-state index in [1.807, 2.05) is 20.8 Å². The van der Waals surface area contributed by atoms with Crippen LogP contribution in [0.25, 0.3) is 0 Å². The lowest BCUT2D eigenvalue weighted by molar-refractivity contribution is -0.141. The lowest BCUT2D eigenvalue weighted by atomic mass is 10.0. The Morgan fingerprint density at radius 2 is 1.75 bits per heavy atom. The third kappa shape index (κ3) is 6.07. The van der Waals surface area contributed by atoms with Crippen LogP contribution in [-0.4, -0.2) is 31.3 Å². The number of aliphatic carboxylic acids is 1. The van der Waals surface area contributed by atoms with Gasteiger partial charge in [0.2, 0.25) is 10.0 Å². The Kier molecular flexibility index (Phi) is 4.94. The van der Waals surface area contributed by atoms with Gasteiger partial charge >= 0.3 is 5.97 Å². The molecular formula is C10H21NO4S. The first-order valence-electron chi connectivity index (χ1n) is 5.17. The minimum atomic E-state index is -3.43. The molecule has 96 valence electrons. The van der Waals surface area contributed by atoms with Crippen molar-refractivity contribution >= 4 is 16.0 Å². The molecule has 0 rings (SSSR count). The van der Waals surface area contributed by atoms with Crippen LogP contribution in [0.1, 0.15) is 34.6 Å². The van der Waals surface area contributed by atoms with E-state index in [4.69, 9.17) is 5.11 Å². The first-order chi connectivity index (χ1) is 6.94. The van der Waals surface area contributed by atoms with Crippen molar-refractivity contribution in [3.63, 3.8) is 0 Å². The predicted molar refractivity (Wildman–Crippen MR) is 62.6 cm³/mol. The molecule has 0 saturated carbocycles. The van der Waals surface area contributed by atoms with E-state index in [9.17, 15) is 13.2 Å². The summed E-state index contributed by atoms with van der Waals surface area (Å²) in [5.74, 6) is -1.77. The molecule has 0 saturated heterocycles. The monoisotopic (exact) mass is 251 g/mol. The summed E-state index contributed by atoms with van der Waals surface area (Å²) in [6, 6.07) is -0.607. The lowest BCUT2D eigenvalue weighted by Crippen LogP contribution is -2.42. The highest BCUT2D eigenvalue weighted by atomic mass is 32.2. The summed E-state index contributed by atoms with van der Waals surface area (Å²) in [5, 5.41) is 8.75. The zero-order chi connectivity index (χ0) is 13.1. The van der Waals surface area contributed by atoms with Gasteiger partial charge in [0.25, 0.3) is 0 Å². The van der Waals surface area contributed by atoms with Crippen molar-refractivity contribution in [3.05, 3.63) is 0 Å². The third-order valence-electron chi connectivity index (χ3n) is 2.13. The second-order valence-electron chi connectivity index (χ2n) is 5.35. The van der Waals surface area contributed by atoms with Gasteiger partial charge in [0.05, 0.1) is 11.7 Å².